The number of hydrogen-bond donors (Lipinski definition) is 1. The second-order valence-corrected chi connectivity index (χ2v) is 7.30. The summed E-state index contributed by atoms with van der Waals surface area (Å²) in [6, 6.07) is 6.38. The molecule has 0 saturated heterocycles. The maximum atomic E-state index is 12.3. The molecular weight excluding hydrogens is 262 g/mol. The first kappa shape index (κ1) is 16.1. The van der Waals surface area contributed by atoms with Crippen LogP contribution in [0, 0.1) is 5.92 Å². The van der Waals surface area contributed by atoms with Gasteiger partial charge in [-0.15, -0.1) is 0 Å². The Labute approximate surface area is 116 Å². The van der Waals surface area contributed by atoms with Crippen LogP contribution in [0.1, 0.15) is 38.9 Å². The van der Waals surface area contributed by atoms with Crippen molar-refractivity contribution in [2.75, 3.05) is 13.6 Å². The van der Waals surface area contributed by atoms with Crippen LogP contribution in [0.4, 0.5) is 0 Å². The first-order valence-corrected chi connectivity index (χ1v) is 7.93. The van der Waals surface area contributed by atoms with Crippen LogP contribution in [-0.4, -0.2) is 31.4 Å². The van der Waals surface area contributed by atoms with Crippen LogP contribution < -0.4 is 0 Å². The average molecular weight is 285 g/mol. The van der Waals surface area contributed by atoms with E-state index in [-0.39, 0.29) is 4.90 Å². The lowest BCUT2D eigenvalue weighted by atomic mass is 10.1. The van der Waals surface area contributed by atoms with Gasteiger partial charge in [-0.3, -0.25) is 0 Å². The molecular formula is C14H23NO3S. The molecule has 0 spiro atoms. The van der Waals surface area contributed by atoms with Crippen LogP contribution in [0.25, 0.3) is 0 Å². The fourth-order valence-electron chi connectivity index (χ4n) is 1.66. The van der Waals surface area contributed by atoms with Gasteiger partial charge in [0.25, 0.3) is 0 Å². The number of rotatable bonds is 6. The minimum atomic E-state index is -3.43. The molecule has 0 aromatic heterocycles. The molecule has 0 saturated carbocycles. The average Bonchev–Trinajstić information content (AvgIpc) is 2.35. The summed E-state index contributed by atoms with van der Waals surface area (Å²) in [5.74, 6) is 0.468. The highest BCUT2D eigenvalue weighted by Crippen LogP contribution is 2.19. The molecule has 0 aliphatic carbocycles. The van der Waals surface area contributed by atoms with E-state index in [9.17, 15) is 13.5 Å². The fraction of sp³-hybridized carbons (Fsp3) is 0.571. The van der Waals surface area contributed by atoms with E-state index >= 15 is 0 Å². The van der Waals surface area contributed by atoms with Crippen LogP contribution in [0.5, 0.6) is 0 Å². The molecule has 1 atom stereocenters. The molecule has 1 N–H and O–H groups in total. The number of aliphatic hydroxyl groups is 1. The highest BCUT2D eigenvalue weighted by molar-refractivity contribution is 7.89. The van der Waals surface area contributed by atoms with Gasteiger partial charge in [-0.2, -0.15) is 0 Å². The van der Waals surface area contributed by atoms with Gasteiger partial charge in [-0.25, -0.2) is 12.7 Å². The lowest BCUT2D eigenvalue weighted by Crippen LogP contribution is -2.28. The Morgan fingerprint density at radius 3 is 2.11 bits per heavy atom. The Bertz CT molecular complexity index is 492. The molecule has 1 rings (SSSR count). The SMILES string of the molecule is CC(C)CCN(C)S(=O)(=O)c1ccc(C(C)O)cc1. The van der Waals surface area contributed by atoms with E-state index in [1.54, 1.807) is 38.2 Å². The van der Waals surface area contributed by atoms with Gasteiger partial charge in [0, 0.05) is 13.6 Å². The molecule has 1 aromatic rings. The first-order chi connectivity index (χ1) is 8.75. The van der Waals surface area contributed by atoms with E-state index in [2.05, 4.69) is 13.8 Å². The zero-order valence-electron chi connectivity index (χ0n) is 12.0. The fourth-order valence-corrected chi connectivity index (χ4v) is 2.84. The third-order valence-electron chi connectivity index (χ3n) is 3.09. The highest BCUT2D eigenvalue weighted by atomic mass is 32.2. The van der Waals surface area contributed by atoms with Gasteiger partial charge >= 0.3 is 0 Å². The van der Waals surface area contributed by atoms with E-state index in [0.717, 1.165) is 6.42 Å². The molecule has 0 aliphatic heterocycles. The third-order valence-corrected chi connectivity index (χ3v) is 4.96. The predicted octanol–water partition coefficient (Wildman–Crippen LogP) is 2.41. The van der Waals surface area contributed by atoms with Crippen LogP contribution in [0.15, 0.2) is 29.2 Å². The van der Waals surface area contributed by atoms with Crippen LogP contribution >= 0.6 is 0 Å². The minimum Gasteiger partial charge on any atom is -0.389 e. The summed E-state index contributed by atoms with van der Waals surface area (Å²) in [6.45, 7) is 6.30. The number of aliphatic hydroxyl groups excluding tert-OH is 1. The van der Waals surface area contributed by atoms with Gasteiger partial charge in [-0.1, -0.05) is 26.0 Å². The highest BCUT2D eigenvalue weighted by Gasteiger charge is 2.20. The van der Waals surface area contributed by atoms with Gasteiger partial charge in [-0.05, 0) is 37.0 Å². The summed E-state index contributed by atoms with van der Waals surface area (Å²) in [6.07, 6.45) is 0.247. The van der Waals surface area contributed by atoms with Crippen molar-refractivity contribution in [2.45, 2.75) is 38.2 Å². The van der Waals surface area contributed by atoms with Crippen LogP contribution in [0.2, 0.25) is 0 Å². The maximum absolute atomic E-state index is 12.3. The van der Waals surface area contributed by atoms with Gasteiger partial charge in [0.1, 0.15) is 0 Å². The van der Waals surface area contributed by atoms with E-state index in [0.29, 0.717) is 18.0 Å². The molecule has 108 valence electrons. The topological polar surface area (TPSA) is 57.6 Å². The maximum Gasteiger partial charge on any atom is 0.242 e. The number of benzene rings is 1. The molecule has 1 aromatic carbocycles. The standard InChI is InChI=1S/C14H23NO3S/c1-11(2)9-10-15(4)19(17,18)14-7-5-13(6-8-14)12(3)16/h5-8,11-12,16H,9-10H2,1-4H3. The molecule has 0 heterocycles. The second-order valence-electron chi connectivity index (χ2n) is 5.25. The lowest BCUT2D eigenvalue weighted by molar-refractivity contribution is 0.199. The van der Waals surface area contributed by atoms with Crippen molar-refractivity contribution in [1.29, 1.82) is 0 Å². The summed E-state index contributed by atoms with van der Waals surface area (Å²) in [7, 11) is -1.83. The number of sulfonamides is 1. The van der Waals surface area contributed by atoms with Crippen molar-refractivity contribution in [3.63, 3.8) is 0 Å². The minimum absolute atomic E-state index is 0.267. The Morgan fingerprint density at radius 2 is 1.68 bits per heavy atom. The van der Waals surface area contributed by atoms with Crippen molar-refractivity contribution in [3.8, 4) is 0 Å². The van der Waals surface area contributed by atoms with Crippen LogP contribution in [0.3, 0.4) is 0 Å². The molecule has 0 amide bonds. The Hall–Kier alpha value is -0.910. The van der Waals surface area contributed by atoms with Crippen molar-refractivity contribution >= 4 is 10.0 Å². The number of hydrogen-bond acceptors (Lipinski definition) is 3. The lowest BCUT2D eigenvalue weighted by Gasteiger charge is -2.18. The molecule has 0 fully saturated rings. The van der Waals surface area contributed by atoms with Gasteiger partial charge < -0.3 is 5.11 Å². The van der Waals surface area contributed by atoms with E-state index in [1.165, 1.54) is 4.31 Å². The van der Waals surface area contributed by atoms with Crippen molar-refractivity contribution in [1.82, 2.24) is 4.31 Å². The van der Waals surface area contributed by atoms with Gasteiger partial charge in [0.15, 0.2) is 0 Å². The molecule has 5 heteroatoms. The van der Waals surface area contributed by atoms with E-state index < -0.39 is 16.1 Å². The summed E-state index contributed by atoms with van der Waals surface area (Å²) >= 11 is 0. The third kappa shape index (κ3) is 4.30. The largest absolute Gasteiger partial charge is 0.389 e. The molecule has 1 unspecified atom stereocenters. The molecule has 0 aliphatic rings. The summed E-state index contributed by atoms with van der Waals surface area (Å²) in [5.41, 5.74) is 0.712. The van der Waals surface area contributed by atoms with Gasteiger partial charge in [0.05, 0.1) is 11.0 Å². The van der Waals surface area contributed by atoms with Crippen LogP contribution in [-0.2, 0) is 10.0 Å². The first-order valence-electron chi connectivity index (χ1n) is 6.49. The Morgan fingerprint density at radius 1 is 1.16 bits per heavy atom. The monoisotopic (exact) mass is 285 g/mol. The normalized spacial score (nSPS) is 14.1. The van der Waals surface area contributed by atoms with E-state index in [4.69, 9.17) is 0 Å². The van der Waals surface area contributed by atoms with Gasteiger partial charge in [0.2, 0.25) is 10.0 Å². The molecule has 4 nitrogen and oxygen atoms in total. The predicted molar refractivity (Wildman–Crippen MR) is 76.3 cm³/mol. The van der Waals surface area contributed by atoms with Crippen molar-refractivity contribution in [2.24, 2.45) is 5.92 Å². The Kier molecular flexibility index (Phi) is 5.52. The van der Waals surface area contributed by atoms with E-state index in [1.807, 2.05) is 0 Å². The van der Waals surface area contributed by atoms with Crippen molar-refractivity contribution < 1.29 is 13.5 Å². The molecule has 0 bridgehead atoms. The molecule has 19 heavy (non-hydrogen) atoms. The summed E-state index contributed by atoms with van der Waals surface area (Å²) < 4.78 is 26.0. The summed E-state index contributed by atoms with van der Waals surface area (Å²) in [4.78, 5) is 0.267. The summed E-state index contributed by atoms with van der Waals surface area (Å²) in [5, 5.41) is 9.41. The number of nitrogens with zero attached hydrogens (tertiary/aromatic N) is 1. The smallest absolute Gasteiger partial charge is 0.242 e. The quantitative estimate of drug-likeness (QED) is 0.873. The molecule has 0 radical (unpaired) electrons. The second kappa shape index (κ2) is 6.50. The Balaban J connectivity index is 2.87. The zero-order valence-corrected chi connectivity index (χ0v) is 12.8. The zero-order chi connectivity index (χ0) is 14.6. The van der Waals surface area contributed by atoms with Crippen molar-refractivity contribution in [3.05, 3.63) is 29.8 Å².